The standard InChI is InChI=1S/C24H24N4O4/c1-30-17-5-6-19-18(14-17)26-24(22-3-2-10-28(19)22)8-11-27(12-9-24)23(29)25-16-4-7-20-21(13-16)32-15-31-20/h2-7,10,13-14,26H,8-9,11-12,15H2,1H3,(H,25,29). The lowest BCUT2D eigenvalue weighted by molar-refractivity contribution is 0.174. The Labute approximate surface area is 185 Å². The van der Waals surface area contributed by atoms with Crippen LogP contribution in [0.2, 0.25) is 0 Å². The summed E-state index contributed by atoms with van der Waals surface area (Å²) in [6.45, 7) is 1.51. The van der Waals surface area contributed by atoms with Gasteiger partial charge in [-0.1, -0.05) is 0 Å². The summed E-state index contributed by atoms with van der Waals surface area (Å²) in [6.07, 6.45) is 3.71. The van der Waals surface area contributed by atoms with Crippen LogP contribution in [0.4, 0.5) is 16.2 Å². The Morgan fingerprint density at radius 2 is 1.94 bits per heavy atom. The Morgan fingerprint density at radius 3 is 2.78 bits per heavy atom. The summed E-state index contributed by atoms with van der Waals surface area (Å²) in [7, 11) is 1.68. The zero-order valence-corrected chi connectivity index (χ0v) is 17.8. The number of hydrogen-bond acceptors (Lipinski definition) is 5. The second-order valence-corrected chi connectivity index (χ2v) is 8.34. The minimum absolute atomic E-state index is 0.105. The number of benzene rings is 2. The van der Waals surface area contributed by atoms with Crippen LogP contribution in [0.5, 0.6) is 17.2 Å². The molecule has 2 aromatic carbocycles. The lowest BCUT2D eigenvalue weighted by atomic mass is 9.82. The molecule has 2 amide bonds. The summed E-state index contributed by atoms with van der Waals surface area (Å²) in [5, 5.41) is 6.76. The molecule has 32 heavy (non-hydrogen) atoms. The van der Waals surface area contributed by atoms with Crippen molar-refractivity contribution in [3.63, 3.8) is 0 Å². The molecule has 0 atom stereocenters. The molecule has 8 nitrogen and oxygen atoms in total. The smallest absolute Gasteiger partial charge is 0.321 e. The average molecular weight is 432 g/mol. The lowest BCUT2D eigenvalue weighted by Crippen LogP contribution is -2.51. The number of methoxy groups -OCH3 is 1. The molecule has 3 aliphatic heterocycles. The Hall–Kier alpha value is -3.81. The minimum Gasteiger partial charge on any atom is -0.497 e. The number of carbonyl (C=O) groups excluding carboxylic acids is 1. The van der Waals surface area contributed by atoms with Gasteiger partial charge in [0.25, 0.3) is 0 Å². The van der Waals surface area contributed by atoms with Crippen LogP contribution in [0.15, 0.2) is 54.7 Å². The van der Waals surface area contributed by atoms with Crippen molar-refractivity contribution in [2.24, 2.45) is 0 Å². The van der Waals surface area contributed by atoms with Gasteiger partial charge in [-0.05, 0) is 49.2 Å². The SMILES string of the molecule is COc1ccc2c(c1)NC1(CCN(C(=O)Nc3ccc4c(c3)OCO4)CC1)c1cccn1-2. The molecule has 2 N–H and O–H groups in total. The number of hydrogen-bond donors (Lipinski definition) is 2. The highest BCUT2D eigenvalue weighted by Crippen LogP contribution is 2.44. The Bertz CT molecular complexity index is 1200. The maximum absolute atomic E-state index is 12.9. The van der Waals surface area contributed by atoms with E-state index in [-0.39, 0.29) is 18.4 Å². The summed E-state index contributed by atoms with van der Waals surface area (Å²) < 4.78 is 18.4. The topological polar surface area (TPSA) is 77.0 Å². The van der Waals surface area contributed by atoms with E-state index in [1.54, 1.807) is 13.2 Å². The maximum atomic E-state index is 12.9. The van der Waals surface area contributed by atoms with Crippen molar-refractivity contribution in [1.29, 1.82) is 0 Å². The summed E-state index contributed by atoms with van der Waals surface area (Å²) in [5.41, 5.74) is 3.86. The molecular formula is C24H24N4O4. The third-order valence-electron chi connectivity index (χ3n) is 6.60. The van der Waals surface area contributed by atoms with Crippen LogP contribution in [-0.2, 0) is 5.54 Å². The molecule has 1 saturated heterocycles. The van der Waals surface area contributed by atoms with E-state index < -0.39 is 0 Å². The zero-order valence-electron chi connectivity index (χ0n) is 17.8. The number of urea groups is 1. The average Bonchev–Trinajstić information content (AvgIpc) is 3.49. The summed E-state index contributed by atoms with van der Waals surface area (Å²) in [4.78, 5) is 14.8. The van der Waals surface area contributed by atoms with Crippen LogP contribution in [0, 0.1) is 0 Å². The van der Waals surface area contributed by atoms with Crippen LogP contribution >= 0.6 is 0 Å². The fourth-order valence-electron chi connectivity index (χ4n) is 4.90. The highest BCUT2D eigenvalue weighted by molar-refractivity contribution is 5.90. The van der Waals surface area contributed by atoms with Gasteiger partial charge >= 0.3 is 6.03 Å². The molecule has 3 aromatic rings. The zero-order chi connectivity index (χ0) is 21.7. The molecular weight excluding hydrogens is 408 g/mol. The molecule has 4 heterocycles. The molecule has 0 unspecified atom stereocenters. The number of piperidine rings is 1. The number of anilines is 2. The molecule has 6 rings (SSSR count). The first kappa shape index (κ1) is 18.9. The van der Waals surface area contributed by atoms with Gasteiger partial charge in [-0.3, -0.25) is 0 Å². The molecule has 0 aliphatic carbocycles. The number of carbonyl (C=O) groups is 1. The van der Waals surface area contributed by atoms with E-state index >= 15 is 0 Å². The number of aromatic nitrogens is 1. The Balaban J connectivity index is 1.19. The van der Waals surface area contributed by atoms with Crippen LogP contribution in [0.3, 0.4) is 0 Å². The van der Waals surface area contributed by atoms with E-state index in [4.69, 9.17) is 14.2 Å². The first-order valence-electron chi connectivity index (χ1n) is 10.8. The number of nitrogens with zero attached hydrogens (tertiary/aromatic N) is 2. The first-order valence-corrected chi connectivity index (χ1v) is 10.8. The van der Waals surface area contributed by atoms with Crippen LogP contribution in [0.1, 0.15) is 18.5 Å². The van der Waals surface area contributed by atoms with Crippen molar-refractivity contribution in [1.82, 2.24) is 9.47 Å². The largest absolute Gasteiger partial charge is 0.497 e. The van der Waals surface area contributed by atoms with Crippen molar-refractivity contribution in [2.75, 3.05) is 37.6 Å². The highest BCUT2D eigenvalue weighted by Gasteiger charge is 2.42. The molecule has 3 aliphatic rings. The van der Waals surface area contributed by atoms with Crippen LogP contribution in [0.25, 0.3) is 5.69 Å². The van der Waals surface area contributed by atoms with Crippen LogP contribution < -0.4 is 24.8 Å². The van der Waals surface area contributed by atoms with Gasteiger partial charge < -0.3 is 34.3 Å². The fourth-order valence-corrected chi connectivity index (χ4v) is 4.90. The van der Waals surface area contributed by atoms with E-state index in [2.05, 4.69) is 39.6 Å². The van der Waals surface area contributed by atoms with Crippen molar-refractivity contribution in [2.45, 2.75) is 18.4 Å². The van der Waals surface area contributed by atoms with Gasteiger partial charge in [0.1, 0.15) is 5.75 Å². The highest BCUT2D eigenvalue weighted by atomic mass is 16.7. The van der Waals surface area contributed by atoms with Gasteiger partial charge in [-0.25, -0.2) is 4.79 Å². The van der Waals surface area contributed by atoms with Gasteiger partial charge in [0, 0.05) is 42.8 Å². The predicted molar refractivity (Wildman–Crippen MR) is 120 cm³/mol. The van der Waals surface area contributed by atoms with Gasteiger partial charge in [0.15, 0.2) is 11.5 Å². The molecule has 0 bridgehead atoms. The second-order valence-electron chi connectivity index (χ2n) is 8.34. The quantitative estimate of drug-likeness (QED) is 0.636. The number of rotatable bonds is 2. The lowest BCUT2D eigenvalue weighted by Gasteiger charge is -2.46. The molecule has 1 fully saturated rings. The van der Waals surface area contributed by atoms with Gasteiger partial charge in [-0.2, -0.15) is 0 Å². The van der Waals surface area contributed by atoms with Gasteiger partial charge in [-0.15, -0.1) is 0 Å². The fraction of sp³-hybridized carbons (Fsp3) is 0.292. The molecule has 0 saturated carbocycles. The van der Waals surface area contributed by atoms with E-state index in [1.165, 1.54) is 5.69 Å². The van der Waals surface area contributed by atoms with E-state index in [0.29, 0.717) is 30.3 Å². The van der Waals surface area contributed by atoms with Crippen molar-refractivity contribution in [3.05, 3.63) is 60.4 Å². The Kier molecular flexibility index (Phi) is 4.21. The minimum atomic E-state index is -0.224. The molecule has 164 valence electrons. The third-order valence-corrected chi connectivity index (χ3v) is 6.60. The van der Waals surface area contributed by atoms with E-state index in [0.717, 1.165) is 30.0 Å². The monoisotopic (exact) mass is 432 g/mol. The predicted octanol–water partition coefficient (Wildman–Crippen LogP) is 4.16. The molecule has 0 radical (unpaired) electrons. The van der Waals surface area contributed by atoms with Crippen LogP contribution in [-0.4, -0.2) is 42.5 Å². The molecule has 1 aromatic heterocycles. The molecule has 1 spiro atoms. The third kappa shape index (κ3) is 2.94. The van der Waals surface area contributed by atoms with Crippen molar-refractivity contribution in [3.8, 4) is 22.9 Å². The van der Waals surface area contributed by atoms with Crippen molar-refractivity contribution >= 4 is 17.4 Å². The summed E-state index contributed by atoms with van der Waals surface area (Å²) in [5.74, 6) is 2.18. The maximum Gasteiger partial charge on any atom is 0.321 e. The second kappa shape index (κ2) is 7.12. The first-order chi connectivity index (χ1) is 15.6. The molecule has 8 heteroatoms. The number of ether oxygens (including phenoxy) is 3. The van der Waals surface area contributed by atoms with Crippen molar-refractivity contribution < 1.29 is 19.0 Å². The van der Waals surface area contributed by atoms with E-state index in [1.807, 2.05) is 29.2 Å². The number of likely N-dealkylation sites (tertiary alicyclic amines) is 1. The number of nitrogens with one attached hydrogen (secondary N) is 2. The van der Waals surface area contributed by atoms with Gasteiger partial charge in [0.05, 0.1) is 24.0 Å². The van der Waals surface area contributed by atoms with Gasteiger partial charge in [0.2, 0.25) is 6.79 Å². The summed E-state index contributed by atoms with van der Waals surface area (Å²) in [6, 6.07) is 15.7. The normalized spacial score (nSPS) is 17.3. The summed E-state index contributed by atoms with van der Waals surface area (Å²) >= 11 is 0. The van der Waals surface area contributed by atoms with E-state index in [9.17, 15) is 4.79 Å². The number of fused-ring (bicyclic) bond motifs is 5. The Morgan fingerprint density at radius 1 is 1.09 bits per heavy atom. The number of amides is 2.